The zero-order chi connectivity index (χ0) is 13.2. The Morgan fingerprint density at radius 1 is 0.947 bits per heavy atom. The highest BCUT2D eigenvalue weighted by Crippen LogP contribution is 2.19. The Labute approximate surface area is 116 Å². The fourth-order valence-electron chi connectivity index (χ4n) is 2.41. The molecule has 0 heterocycles. The second-order valence-electron chi connectivity index (χ2n) is 5.04. The van der Waals surface area contributed by atoms with Crippen molar-refractivity contribution in [1.29, 1.82) is 0 Å². The predicted octanol–water partition coefficient (Wildman–Crippen LogP) is 3.00. The molecule has 0 radical (unpaired) electrons. The number of para-hydroxylation sites is 1. The Balaban J connectivity index is 1.42. The molecule has 0 spiro atoms. The van der Waals surface area contributed by atoms with Gasteiger partial charge in [0.2, 0.25) is 0 Å². The summed E-state index contributed by atoms with van der Waals surface area (Å²) in [5, 5.41) is 3.35. The summed E-state index contributed by atoms with van der Waals surface area (Å²) in [4.78, 5) is 0. The van der Waals surface area contributed by atoms with Crippen molar-refractivity contribution in [2.24, 2.45) is 0 Å². The first-order chi connectivity index (χ1) is 9.45. The molecule has 106 valence electrons. The van der Waals surface area contributed by atoms with Crippen LogP contribution in [-0.2, 0) is 4.74 Å². The molecule has 0 atom stereocenters. The third kappa shape index (κ3) is 6.08. The average molecular weight is 263 g/mol. The van der Waals surface area contributed by atoms with E-state index in [0.29, 0.717) is 12.7 Å². The van der Waals surface area contributed by atoms with Crippen molar-refractivity contribution in [3.05, 3.63) is 30.3 Å². The number of nitrogens with one attached hydrogen (secondary N) is 1. The van der Waals surface area contributed by atoms with Crippen molar-refractivity contribution in [1.82, 2.24) is 5.32 Å². The summed E-state index contributed by atoms with van der Waals surface area (Å²) >= 11 is 0. The Morgan fingerprint density at radius 3 is 2.47 bits per heavy atom. The van der Waals surface area contributed by atoms with Crippen LogP contribution in [0.1, 0.15) is 32.1 Å². The number of benzene rings is 1. The first-order valence-corrected chi connectivity index (χ1v) is 7.45. The molecule has 19 heavy (non-hydrogen) atoms. The van der Waals surface area contributed by atoms with Gasteiger partial charge in [0.1, 0.15) is 12.4 Å². The van der Waals surface area contributed by atoms with Gasteiger partial charge in [0.05, 0.1) is 12.7 Å². The first kappa shape index (κ1) is 14.4. The standard InChI is InChI=1S/C16H25NO2/c1-3-7-15(8-4-1)18-13-11-17-12-14-19-16-9-5-2-6-10-16/h1,3-4,7-8,16-17H,2,5-6,9-14H2. The number of ether oxygens (including phenoxy) is 2. The molecule has 1 aliphatic rings. The summed E-state index contributed by atoms with van der Waals surface area (Å²) < 4.78 is 11.4. The normalized spacial score (nSPS) is 16.4. The van der Waals surface area contributed by atoms with Gasteiger partial charge in [-0.3, -0.25) is 0 Å². The molecule has 1 aromatic carbocycles. The number of hydrogen-bond donors (Lipinski definition) is 1. The zero-order valence-electron chi connectivity index (χ0n) is 11.6. The monoisotopic (exact) mass is 263 g/mol. The van der Waals surface area contributed by atoms with Gasteiger partial charge in [-0.2, -0.15) is 0 Å². The van der Waals surface area contributed by atoms with Crippen LogP contribution in [0.4, 0.5) is 0 Å². The molecular formula is C16H25NO2. The van der Waals surface area contributed by atoms with E-state index >= 15 is 0 Å². The van der Waals surface area contributed by atoms with Crippen molar-refractivity contribution in [3.63, 3.8) is 0 Å². The second-order valence-corrected chi connectivity index (χ2v) is 5.04. The SMILES string of the molecule is c1ccc(OCCNCCOC2CCCCC2)cc1. The highest BCUT2D eigenvalue weighted by atomic mass is 16.5. The summed E-state index contributed by atoms with van der Waals surface area (Å²) in [7, 11) is 0. The minimum atomic E-state index is 0.510. The number of hydrogen-bond acceptors (Lipinski definition) is 3. The van der Waals surface area contributed by atoms with Gasteiger partial charge < -0.3 is 14.8 Å². The van der Waals surface area contributed by atoms with E-state index in [2.05, 4.69) is 5.32 Å². The molecule has 3 heteroatoms. The van der Waals surface area contributed by atoms with Crippen LogP contribution in [0.3, 0.4) is 0 Å². The van der Waals surface area contributed by atoms with Crippen LogP contribution in [0.25, 0.3) is 0 Å². The molecule has 1 aromatic rings. The lowest BCUT2D eigenvalue weighted by Crippen LogP contribution is -2.27. The molecule has 1 saturated carbocycles. The van der Waals surface area contributed by atoms with E-state index in [9.17, 15) is 0 Å². The molecule has 0 unspecified atom stereocenters. The van der Waals surface area contributed by atoms with Crippen LogP contribution < -0.4 is 10.1 Å². The summed E-state index contributed by atoms with van der Waals surface area (Å²) in [6.45, 7) is 3.29. The fourth-order valence-corrected chi connectivity index (χ4v) is 2.41. The third-order valence-electron chi connectivity index (χ3n) is 3.48. The lowest BCUT2D eigenvalue weighted by molar-refractivity contribution is 0.0301. The molecule has 0 saturated heterocycles. The molecule has 3 nitrogen and oxygen atoms in total. The van der Waals surface area contributed by atoms with Gasteiger partial charge in [-0.1, -0.05) is 37.5 Å². The van der Waals surface area contributed by atoms with E-state index in [1.54, 1.807) is 0 Å². The molecule has 1 aliphatic carbocycles. The maximum atomic E-state index is 5.84. The van der Waals surface area contributed by atoms with Crippen molar-refractivity contribution in [2.45, 2.75) is 38.2 Å². The van der Waals surface area contributed by atoms with Crippen LogP contribution in [-0.4, -0.2) is 32.4 Å². The smallest absolute Gasteiger partial charge is 0.119 e. The van der Waals surface area contributed by atoms with Crippen LogP contribution in [0.2, 0.25) is 0 Å². The van der Waals surface area contributed by atoms with Crippen molar-refractivity contribution < 1.29 is 9.47 Å². The van der Waals surface area contributed by atoms with E-state index in [1.165, 1.54) is 32.1 Å². The maximum absolute atomic E-state index is 5.84. The van der Waals surface area contributed by atoms with E-state index in [0.717, 1.165) is 25.4 Å². The lowest BCUT2D eigenvalue weighted by atomic mass is 9.98. The largest absolute Gasteiger partial charge is 0.492 e. The predicted molar refractivity (Wildman–Crippen MR) is 77.6 cm³/mol. The van der Waals surface area contributed by atoms with Crippen LogP contribution in [0.15, 0.2) is 30.3 Å². The van der Waals surface area contributed by atoms with E-state index in [4.69, 9.17) is 9.47 Å². The van der Waals surface area contributed by atoms with Gasteiger partial charge in [-0.15, -0.1) is 0 Å². The second kappa shape index (κ2) is 8.94. The topological polar surface area (TPSA) is 30.5 Å². The summed E-state index contributed by atoms with van der Waals surface area (Å²) in [6.07, 6.45) is 7.06. The molecule has 1 fully saturated rings. The summed E-state index contributed by atoms with van der Waals surface area (Å²) in [6, 6.07) is 9.92. The van der Waals surface area contributed by atoms with Crippen molar-refractivity contribution >= 4 is 0 Å². The highest BCUT2D eigenvalue weighted by molar-refractivity contribution is 5.20. The molecule has 0 aliphatic heterocycles. The van der Waals surface area contributed by atoms with Gasteiger partial charge in [0.25, 0.3) is 0 Å². The molecule has 0 bridgehead atoms. The van der Waals surface area contributed by atoms with Gasteiger partial charge in [-0.25, -0.2) is 0 Å². The molecule has 0 aromatic heterocycles. The van der Waals surface area contributed by atoms with Crippen LogP contribution in [0, 0.1) is 0 Å². The van der Waals surface area contributed by atoms with E-state index in [-0.39, 0.29) is 0 Å². The van der Waals surface area contributed by atoms with E-state index < -0.39 is 0 Å². The fraction of sp³-hybridized carbons (Fsp3) is 0.625. The molecular weight excluding hydrogens is 238 g/mol. The quantitative estimate of drug-likeness (QED) is 0.731. The van der Waals surface area contributed by atoms with Crippen LogP contribution >= 0.6 is 0 Å². The van der Waals surface area contributed by atoms with E-state index in [1.807, 2.05) is 30.3 Å². The Kier molecular flexibility index (Phi) is 6.75. The Hall–Kier alpha value is -1.06. The Morgan fingerprint density at radius 2 is 1.68 bits per heavy atom. The maximum Gasteiger partial charge on any atom is 0.119 e. The van der Waals surface area contributed by atoms with Gasteiger partial charge in [-0.05, 0) is 25.0 Å². The highest BCUT2D eigenvalue weighted by Gasteiger charge is 2.12. The first-order valence-electron chi connectivity index (χ1n) is 7.45. The van der Waals surface area contributed by atoms with Gasteiger partial charge in [0, 0.05) is 13.1 Å². The minimum Gasteiger partial charge on any atom is -0.492 e. The summed E-state index contributed by atoms with van der Waals surface area (Å²) in [5.41, 5.74) is 0. The number of rotatable bonds is 8. The van der Waals surface area contributed by atoms with Crippen LogP contribution in [0.5, 0.6) is 5.75 Å². The average Bonchev–Trinajstić information content (AvgIpc) is 2.48. The summed E-state index contributed by atoms with van der Waals surface area (Å²) in [5.74, 6) is 0.933. The molecule has 2 rings (SSSR count). The lowest BCUT2D eigenvalue weighted by Gasteiger charge is -2.22. The zero-order valence-corrected chi connectivity index (χ0v) is 11.6. The van der Waals surface area contributed by atoms with Gasteiger partial charge >= 0.3 is 0 Å². The van der Waals surface area contributed by atoms with Crippen molar-refractivity contribution in [3.8, 4) is 5.75 Å². The Bertz CT molecular complexity index is 323. The minimum absolute atomic E-state index is 0.510. The third-order valence-corrected chi connectivity index (χ3v) is 3.48. The van der Waals surface area contributed by atoms with Gasteiger partial charge in [0.15, 0.2) is 0 Å². The molecule has 1 N–H and O–H groups in total. The van der Waals surface area contributed by atoms with Crippen molar-refractivity contribution in [2.75, 3.05) is 26.3 Å². The molecule has 0 amide bonds.